The smallest absolute Gasteiger partial charge is 0.253 e. The van der Waals surface area contributed by atoms with Crippen LogP contribution in [0.3, 0.4) is 0 Å². The van der Waals surface area contributed by atoms with Crippen LogP contribution in [0.1, 0.15) is 58.8 Å². The number of aromatic nitrogens is 5. The van der Waals surface area contributed by atoms with E-state index in [4.69, 9.17) is 10.7 Å². The van der Waals surface area contributed by atoms with Gasteiger partial charge < -0.3 is 15.6 Å². The normalized spacial score (nSPS) is 13.2. The molecule has 36 heavy (non-hydrogen) atoms. The molecule has 3 aromatic heterocycles. The number of hydrogen-bond acceptors (Lipinski definition) is 6. The van der Waals surface area contributed by atoms with Gasteiger partial charge in [-0.3, -0.25) is 4.79 Å². The van der Waals surface area contributed by atoms with Crippen molar-refractivity contribution in [2.75, 3.05) is 12.3 Å². The third-order valence-corrected chi connectivity index (χ3v) is 6.49. The van der Waals surface area contributed by atoms with E-state index in [1.807, 2.05) is 6.92 Å². The molecule has 1 amide bonds. The van der Waals surface area contributed by atoms with Gasteiger partial charge in [0.1, 0.15) is 34.6 Å². The van der Waals surface area contributed by atoms with Crippen molar-refractivity contribution in [3.63, 3.8) is 0 Å². The van der Waals surface area contributed by atoms with Gasteiger partial charge in [-0.2, -0.15) is 10.4 Å². The van der Waals surface area contributed by atoms with E-state index in [1.54, 1.807) is 18.2 Å². The summed E-state index contributed by atoms with van der Waals surface area (Å²) in [4.78, 5) is 22.5. The Labute approximate surface area is 207 Å². The number of nitriles is 1. The minimum absolute atomic E-state index is 0.198. The van der Waals surface area contributed by atoms with Crippen LogP contribution in [0.5, 0.6) is 0 Å². The maximum Gasteiger partial charge on any atom is 0.253 e. The lowest BCUT2D eigenvalue weighted by molar-refractivity contribution is 0.0954. The van der Waals surface area contributed by atoms with Crippen molar-refractivity contribution in [1.29, 1.82) is 5.26 Å². The van der Waals surface area contributed by atoms with Gasteiger partial charge in [-0.25, -0.2) is 19.0 Å². The molecule has 1 aliphatic heterocycles. The van der Waals surface area contributed by atoms with E-state index in [0.29, 0.717) is 41.8 Å². The van der Waals surface area contributed by atoms with E-state index in [2.05, 4.69) is 26.0 Å². The zero-order chi connectivity index (χ0) is 25.2. The fraction of sp³-hybridized carbons (Fsp3) is 0.346. The molecule has 5 rings (SSSR count). The van der Waals surface area contributed by atoms with Gasteiger partial charge in [0.25, 0.3) is 5.91 Å². The number of carbonyl (C=O) groups is 1. The third-order valence-electron chi connectivity index (χ3n) is 6.49. The molecular weight excluding hydrogens is 459 g/mol. The second-order valence-corrected chi connectivity index (χ2v) is 9.04. The highest BCUT2D eigenvalue weighted by Crippen LogP contribution is 2.24. The molecule has 0 aliphatic carbocycles. The predicted octanol–water partition coefficient (Wildman–Crippen LogP) is 3.61. The first-order valence-electron chi connectivity index (χ1n) is 12.1. The van der Waals surface area contributed by atoms with E-state index < -0.39 is 0 Å². The first-order valence-corrected chi connectivity index (χ1v) is 12.1. The molecule has 0 atom stereocenters. The van der Waals surface area contributed by atoms with E-state index >= 15 is 0 Å². The van der Waals surface area contributed by atoms with Crippen LogP contribution in [-0.4, -0.2) is 36.8 Å². The topological polar surface area (TPSA) is 127 Å². The Balaban J connectivity index is 1.29. The monoisotopic (exact) mass is 486 g/mol. The maximum atomic E-state index is 13.3. The van der Waals surface area contributed by atoms with Gasteiger partial charge in [0.15, 0.2) is 5.65 Å². The van der Waals surface area contributed by atoms with E-state index in [9.17, 15) is 14.4 Å². The van der Waals surface area contributed by atoms with Crippen molar-refractivity contribution in [3.05, 3.63) is 64.5 Å². The lowest BCUT2D eigenvalue weighted by atomic mass is 10.1. The number of benzene rings is 1. The largest absolute Gasteiger partial charge is 0.382 e. The molecule has 10 heteroatoms. The summed E-state index contributed by atoms with van der Waals surface area (Å²) in [6.07, 6.45) is 5.26. The van der Waals surface area contributed by atoms with Gasteiger partial charge in [0.05, 0.1) is 16.9 Å². The van der Waals surface area contributed by atoms with Crippen molar-refractivity contribution in [1.82, 2.24) is 29.6 Å². The minimum atomic E-state index is -0.367. The number of halogens is 1. The third kappa shape index (κ3) is 4.40. The zero-order valence-electron chi connectivity index (χ0n) is 20.1. The molecule has 1 aliphatic rings. The fourth-order valence-electron chi connectivity index (χ4n) is 4.70. The summed E-state index contributed by atoms with van der Waals surface area (Å²) in [5, 5.41) is 17.0. The number of nitrogens with zero attached hydrogens (tertiary/aromatic N) is 6. The average Bonchev–Trinajstić information content (AvgIpc) is 3.27. The number of hydrogen-bond donors (Lipinski definition) is 2. The van der Waals surface area contributed by atoms with Crippen LogP contribution in [0.15, 0.2) is 30.3 Å². The Hall–Kier alpha value is -4.26. The Bertz CT molecular complexity index is 1480. The SMILES string of the molecule is Cc1cc(C(=O)NCCCc2nn(-c3ccc(F)cc3)c(N)c2C#N)c2nc3n(c2n1)CCCCC3. The number of nitrogens with one attached hydrogen (secondary N) is 1. The molecule has 3 N–H and O–H groups in total. The Morgan fingerprint density at radius 2 is 2.03 bits per heavy atom. The number of fused-ring (bicyclic) bond motifs is 3. The number of amides is 1. The van der Waals surface area contributed by atoms with Crippen molar-refractivity contribution < 1.29 is 9.18 Å². The summed E-state index contributed by atoms with van der Waals surface area (Å²) in [6.45, 7) is 3.15. The number of carbonyl (C=O) groups excluding carboxylic acids is 1. The Morgan fingerprint density at radius 3 is 2.81 bits per heavy atom. The van der Waals surface area contributed by atoms with Crippen LogP contribution in [0.25, 0.3) is 16.9 Å². The van der Waals surface area contributed by atoms with Crippen molar-refractivity contribution in [3.8, 4) is 11.8 Å². The maximum absolute atomic E-state index is 13.3. The molecule has 0 bridgehead atoms. The number of pyridine rings is 1. The van der Waals surface area contributed by atoms with E-state index in [1.165, 1.54) is 23.2 Å². The summed E-state index contributed by atoms with van der Waals surface area (Å²) in [5.41, 5.74) is 10.3. The van der Waals surface area contributed by atoms with Crippen LogP contribution in [0, 0.1) is 24.1 Å². The molecule has 184 valence electrons. The highest BCUT2D eigenvalue weighted by molar-refractivity contribution is 6.04. The summed E-state index contributed by atoms with van der Waals surface area (Å²) in [7, 11) is 0. The van der Waals surface area contributed by atoms with Gasteiger partial charge >= 0.3 is 0 Å². The first kappa shape index (κ1) is 23.5. The highest BCUT2D eigenvalue weighted by Gasteiger charge is 2.21. The van der Waals surface area contributed by atoms with Crippen molar-refractivity contribution in [2.24, 2.45) is 0 Å². The number of anilines is 1. The van der Waals surface area contributed by atoms with Gasteiger partial charge in [0.2, 0.25) is 0 Å². The van der Waals surface area contributed by atoms with Crippen molar-refractivity contribution in [2.45, 2.75) is 52.0 Å². The minimum Gasteiger partial charge on any atom is -0.382 e. The molecule has 0 spiro atoms. The van der Waals surface area contributed by atoms with Gasteiger partial charge in [0, 0.05) is 25.2 Å². The van der Waals surface area contributed by atoms with Gasteiger partial charge in [-0.15, -0.1) is 0 Å². The predicted molar refractivity (Wildman–Crippen MR) is 133 cm³/mol. The molecule has 4 aromatic rings. The molecular formula is C26H27FN8O. The molecule has 0 saturated carbocycles. The van der Waals surface area contributed by atoms with E-state index in [0.717, 1.165) is 43.0 Å². The first-order chi connectivity index (χ1) is 17.5. The molecule has 4 heterocycles. The molecule has 0 saturated heterocycles. The lowest BCUT2D eigenvalue weighted by Gasteiger charge is -2.08. The quantitative estimate of drug-likeness (QED) is 0.401. The second kappa shape index (κ2) is 9.77. The Kier molecular flexibility index (Phi) is 6.38. The molecule has 0 unspecified atom stereocenters. The van der Waals surface area contributed by atoms with Crippen molar-refractivity contribution >= 4 is 22.9 Å². The summed E-state index contributed by atoms with van der Waals surface area (Å²) in [5.74, 6) is 0.634. The van der Waals surface area contributed by atoms with Crippen LogP contribution in [-0.2, 0) is 19.4 Å². The van der Waals surface area contributed by atoms with Gasteiger partial charge in [-0.1, -0.05) is 6.42 Å². The van der Waals surface area contributed by atoms with Crippen LogP contribution in [0.4, 0.5) is 10.2 Å². The summed E-state index contributed by atoms with van der Waals surface area (Å²) < 4.78 is 16.9. The van der Waals surface area contributed by atoms with Gasteiger partial charge in [-0.05, 0) is 62.9 Å². The zero-order valence-corrected chi connectivity index (χ0v) is 20.1. The second-order valence-electron chi connectivity index (χ2n) is 9.04. The standard InChI is InChI=1S/C26H27FN8O/c1-16-14-19(23-25(31-16)34-13-4-2-3-7-22(34)32-23)26(36)30-12-5-6-21-20(15-28)24(29)35(33-21)18-10-8-17(27)9-11-18/h8-11,14H,2-7,12-13,29H2,1H3,(H,30,36). The molecule has 0 radical (unpaired) electrons. The van der Waals surface area contributed by atoms with Crippen LogP contribution >= 0.6 is 0 Å². The fourth-order valence-corrected chi connectivity index (χ4v) is 4.70. The van der Waals surface area contributed by atoms with Crippen LogP contribution < -0.4 is 11.1 Å². The van der Waals surface area contributed by atoms with Crippen LogP contribution in [0.2, 0.25) is 0 Å². The molecule has 9 nitrogen and oxygen atoms in total. The summed E-state index contributed by atoms with van der Waals surface area (Å²) >= 11 is 0. The number of imidazole rings is 1. The highest BCUT2D eigenvalue weighted by atomic mass is 19.1. The molecule has 0 fully saturated rings. The lowest BCUT2D eigenvalue weighted by Crippen LogP contribution is -2.25. The Morgan fingerprint density at radius 1 is 1.22 bits per heavy atom. The number of rotatable bonds is 6. The average molecular weight is 487 g/mol. The number of nitrogen functional groups attached to an aromatic ring is 1. The molecule has 1 aromatic carbocycles. The number of aryl methyl sites for hydroxylation is 4. The van der Waals surface area contributed by atoms with E-state index in [-0.39, 0.29) is 23.1 Å². The number of nitrogens with two attached hydrogens (primary N) is 1. The summed E-state index contributed by atoms with van der Waals surface area (Å²) in [6, 6.07) is 9.62.